The van der Waals surface area contributed by atoms with Crippen LogP contribution in [0.3, 0.4) is 0 Å². The first-order valence-electron chi connectivity index (χ1n) is 6.56. The van der Waals surface area contributed by atoms with Gasteiger partial charge in [-0.2, -0.15) is 4.98 Å². The molecule has 1 fully saturated rings. The van der Waals surface area contributed by atoms with Crippen LogP contribution in [-0.4, -0.2) is 46.0 Å². The minimum atomic E-state index is -0.378. The normalized spacial score (nSPS) is 19.4. The van der Waals surface area contributed by atoms with Gasteiger partial charge in [-0.3, -0.25) is 14.0 Å². The highest BCUT2D eigenvalue weighted by atomic mass is 32.1. The van der Waals surface area contributed by atoms with Crippen molar-refractivity contribution in [1.82, 2.24) is 14.3 Å². The van der Waals surface area contributed by atoms with Crippen LogP contribution in [0.2, 0.25) is 0 Å². The molecule has 0 bridgehead atoms. The van der Waals surface area contributed by atoms with Crippen LogP contribution in [0, 0.1) is 0 Å². The fourth-order valence-electron chi connectivity index (χ4n) is 2.42. The number of hydrogen-bond donors (Lipinski definition) is 0. The number of carbonyl (C=O) groups excluding carboxylic acids is 1. The number of morpholine rings is 1. The maximum atomic E-state index is 12.7. The van der Waals surface area contributed by atoms with E-state index in [4.69, 9.17) is 4.74 Å². The summed E-state index contributed by atoms with van der Waals surface area (Å²) in [4.78, 5) is 30.6. The second-order valence-electron chi connectivity index (χ2n) is 4.67. The van der Waals surface area contributed by atoms with Crippen LogP contribution >= 0.6 is 11.3 Å². The van der Waals surface area contributed by atoms with Crippen molar-refractivity contribution in [3.8, 4) is 0 Å². The summed E-state index contributed by atoms with van der Waals surface area (Å²) in [6.07, 6.45) is 2.60. The van der Waals surface area contributed by atoms with Gasteiger partial charge in [0.05, 0.1) is 19.3 Å². The van der Waals surface area contributed by atoms with Gasteiger partial charge in [-0.15, -0.1) is 11.3 Å². The van der Waals surface area contributed by atoms with Gasteiger partial charge >= 0.3 is 0 Å². The van der Waals surface area contributed by atoms with Crippen LogP contribution < -0.4 is 5.56 Å². The zero-order valence-electron chi connectivity index (χ0n) is 11.1. The molecule has 3 rings (SSSR count). The Kier molecular flexibility index (Phi) is 3.54. The Bertz CT molecular complexity index is 693. The Balaban J connectivity index is 2.03. The Morgan fingerprint density at radius 1 is 1.60 bits per heavy atom. The molecule has 7 heteroatoms. The fourth-order valence-corrected chi connectivity index (χ4v) is 3.14. The molecule has 20 heavy (non-hydrogen) atoms. The highest BCUT2D eigenvalue weighted by Crippen LogP contribution is 2.16. The highest BCUT2D eigenvalue weighted by Gasteiger charge is 2.28. The molecule has 3 heterocycles. The number of ether oxygens (including phenoxy) is 1. The maximum absolute atomic E-state index is 12.7. The molecule has 0 aromatic carbocycles. The molecule has 0 unspecified atom stereocenters. The standard InChI is InChI=1S/C13H15N3O3S/c1-2-9-8-19-5-3-15(9)12(18)10-7-11(17)14-13-16(10)4-6-20-13/h4,6-7,9H,2-3,5,8H2,1H3/t9-/m0/s1. The van der Waals surface area contributed by atoms with E-state index in [9.17, 15) is 9.59 Å². The molecule has 0 N–H and O–H groups in total. The first-order chi connectivity index (χ1) is 9.70. The summed E-state index contributed by atoms with van der Waals surface area (Å²) < 4.78 is 7.09. The molecule has 1 saturated heterocycles. The summed E-state index contributed by atoms with van der Waals surface area (Å²) in [5, 5.41) is 1.81. The third-order valence-electron chi connectivity index (χ3n) is 3.49. The molecular formula is C13H15N3O3S. The smallest absolute Gasteiger partial charge is 0.274 e. The van der Waals surface area contributed by atoms with Crippen LogP contribution in [0.4, 0.5) is 0 Å². The van der Waals surface area contributed by atoms with E-state index in [2.05, 4.69) is 4.98 Å². The fraction of sp³-hybridized carbons (Fsp3) is 0.462. The number of thiazole rings is 1. The summed E-state index contributed by atoms with van der Waals surface area (Å²) in [6.45, 7) is 3.67. The molecule has 2 aromatic rings. The Morgan fingerprint density at radius 3 is 3.25 bits per heavy atom. The van der Waals surface area contributed by atoms with Gasteiger partial charge in [0.25, 0.3) is 11.5 Å². The van der Waals surface area contributed by atoms with E-state index >= 15 is 0 Å². The monoisotopic (exact) mass is 293 g/mol. The largest absolute Gasteiger partial charge is 0.377 e. The van der Waals surface area contributed by atoms with E-state index in [0.717, 1.165) is 6.42 Å². The lowest BCUT2D eigenvalue weighted by atomic mass is 10.1. The van der Waals surface area contributed by atoms with Crippen molar-refractivity contribution >= 4 is 22.2 Å². The Labute approximate surface area is 119 Å². The van der Waals surface area contributed by atoms with Crippen molar-refractivity contribution in [2.45, 2.75) is 19.4 Å². The van der Waals surface area contributed by atoms with Gasteiger partial charge in [-0.25, -0.2) is 0 Å². The molecule has 1 atom stereocenters. The van der Waals surface area contributed by atoms with Gasteiger partial charge in [0.2, 0.25) is 0 Å². The first kappa shape index (κ1) is 13.3. The van der Waals surface area contributed by atoms with Crippen LogP contribution in [0.5, 0.6) is 0 Å². The SMILES string of the molecule is CC[C@H]1COCCN1C(=O)c1cc(=O)nc2sccn12. The predicted molar refractivity (Wildman–Crippen MR) is 75.3 cm³/mol. The molecule has 1 aliphatic heterocycles. The molecule has 2 aromatic heterocycles. The summed E-state index contributed by atoms with van der Waals surface area (Å²) in [6, 6.07) is 1.37. The van der Waals surface area contributed by atoms with E-state index in [1.807, 2.05) is 12.3 Å². The molecule has 0 aliphatic carbocycles. The van der Waals surface area contributed by atoms with Gasteiger partial charge in [0, 0.05) is 24.2 Å². The van der Waals surface area contributed by atoms with E-state index in [1.165, 1.54) is 17.4 Å². The van der Waals surface area contributed by atoms with Crippen LogP contribution in [0.15, 0.2) is 22.4 Å². The maximum Gasteiger partial charge on any atom is 0.274 e. The van der Waals surface area contributed by atoms with Gasteiger partial charge in [-0.05, 0) is 6.42 Å². The summed E-state index contributed by atoms with van der Waals surface area (Å²) in [7, 11) is 0. The molecule has 0 radical (unpaired) electrons. The number of fused-ring (bicyclic) bond motifs is 1. The zero-order valence-corrected chi connectivity index (χ0v) is 11.9. The van der Waals surface area contributed by atoms with Gasteiger partial charge < -0.3 is 9.64 Å². The van der Waals surface area contributed by atoms with E-state index in [-0.39, 0.29) is 17.5 Å². The lowest BCUT2D eigenvalue weighted by molar-refractivity contribution is -0.00319. The summed E-state index contributed by atoms with van der Waals surface area (Å²) in [5.41, 5.74) is -0.00120. The number of carbonyl (C=O) groups is 1. The van der Waals surface area contributed by atoms with Gasteiger partial charge in [0.1, 0.15) is 5.69 Å². The quantitative estimate of drug-likeness (QED) is 0.829. The zero-order chi connectivity index (χ0) is 14.1. The minimum absolute atomic E-state index is 0.0637. The lowest BCUT2D eigenvalue weighted by Crippen LogP contribution is -2.49. The van der Waals surface area contributed by atoms with Crippen molar-refractivity contribution in [3.63, 3.8) is 0 Å². The first-order valence-corrected chi connectivity index (χ1v) is 7.44. The van der Waals surface area contributed by atoms with Crippen LogP contribution in [0.1, 0.15) is 23.8 Å². The van der Waals surface area contributed by atoms with Crippen LogP contribution in [-0.2, 0) is 4.74 Å². The number of nitrogens with zero attached hydrogens (tertiary/aromatic N) is 3. The van der Waals surface area contributed by atoms with Crippen molar-refractivity contribution < 1.29 is 9.53 Å². The average molecular weight is 293 g/mol. The van der Waals surface area contributed by atoms with Crippen molar-refractivity contribution in [3.05, 3.63) is 33.7 Å². The summed E-state index contributed by atoms with van der Waals surface area (Å²) in [5.74, 6) is -0.131. The summed E-state index contributed by atoms with van der Waals surface area (Å²) >= 11 is 1.34. The second kappa shape index (κ2) is 5.34. The predicted octanol–water partition coefficient (Wildman–Crippen LogP) is 1.01. The molecule has 0 saturated carbocycles. The molecular weight excluding hydrogens is 278 g/mol. The third kappa shape index (κ3) is 2.23. The van der Waals surface area contributed by atoms with E-state index in [0.29, 0.717) is 30.4 Å². The van der Waals surface area contributed by atoms with Crippen molar-refractivity contribution in [2.24, 2.45) is 0 Å². The van der Waals surface area contributed by atoms with Gasteiger partial charge in [0.15, 0.2) is 4.96 Å². The lowest BCUT2D eigenvalue weighted by Gasteiger charge is -2.35. The van der Waals surface area contributed by atoms with E-state index in [1.54, 1.807) is 15.5 Å². The average Bonchev–Trinajstić information content (AvgIpc) is 2.93. The van der Waals surface area contributed by atoms with Gasteiger partial charge in [-0.1, -0.05) is 6.92 Å². The molecule has 106 valence electrons. The topological polar surface area (TPSA) is 63.9 Å². The molecule has 0 spiro atoms. The second-order valence-corrected chi connectivity index (χ2v) is 5.54. The van der Waals surface area contributed by atoms with Crippen LogP contribution in [0.25, 0.3) is 4.96 Å². The number of aromatic nitrogens is 2. The Morgan fingerprint density at radius 2 is 2.45 bits per heavy atom. The van der Waals surface area contributed by atoms with Crippen molar-refractivity contribution in [2.75, 3.05) is 19.8 Å². The minimum Gasteiger partial charge on any atom is -0.377 e. The number of amides is 1. The highest BCUT2D eigenvalue weighted by molar-refractivity contribution is 7.15. The molecule has 1 amide bonds. The molecule has 6 nitrogen and oxygen atoms in total. The number of rotatable bonds is 2. The third-order valence-corrected chi connectivity index (χ3v) is 4.25. The van der Waals surface area contributed by atoms with E-state index < -0.39 is 0 Å². The van der Waals surface area contributed by atoms with Crippen molar-refractivity contribution in [1.29, 1.82) is 0 Å². The number of hydrogen-bond acceptors (Lipinski definition) is 5. The molecule has 1 aliphatic rings. The Hall–Kier alpha value is -1.73.